The van der Waals surface area contributed by atoms with E-state index in [4.69, 9.17) is 4.74 Å². The van der Waals surface area contributed by atoms with Crippen LogP contribution in [0, 0.1) is 0 Å². The Morgan fingerprint density at radius 2 is 2.09 bits per heavy atom. The van der Waals surface area contributed by atoms with Gasteiger partial charge in [-0.1, -0.05) is 30.3 Å². The number of phenols is 1. The normalized spacial score (nSPS) is 27.2. The molecule has 1 aliphatic heterocycles. The zero-order chi connectivity index (χ0) is 24.2. The lowest BCUT2D eigenvalue weighted by Crippen LogP contribution is -2.67. The first-order valence-corrected chi connectivity index (χ1v) is 11.9. The molecule has 2 fully saturated rings. The van der Waals surface area contributed by atoms with Crippen molar-refractivity contribution in [2.75, 3.05) is 26.7 Å². The number of aromatic hydroxyl groups is 1. The van der Waals surface area contributed by atoms with Crippen LogP contribution in [-0.2, 0) is 10.2 Å². The first-order chi connectivity index (χ1) is 16.4. The summed E-state index contributed by atoms with van der Waals surface area (Å²) in [5, 5.41) is 25.3. The van der Waals surface area contributed by atoms with Crippen molar-refractivity contribution < 1.29 is 19.7 Å². The lowest BCUT2D eigenvalue weighted by molar-refractivity contribution is -0.130. The van der Waals surface area contributed by atoms with Crippen molar-refractivity contribution in [1.82, 2.24) is 10.2 Å². The molecule has 3 unspecified atom stereocenters. The number of hydrogen-bond acceptors (Lipinski definition) is 5. The number of aliphatic hydroxyl groups is 1. The predicted molar refractivity (Wildman–Crippen MR) is 134 cm³/mol. The summed E-state index contributed by atoms with van der Waals surface area (Å²) in [5.74, 6) is 0.772. The van der Waals surface area contributed by atoms with Crippen LogP contribution in [0.2, 0.25) is 0 Å². The second kappa shape index (κ2) is 10.0. The van der Waals surface area contributed by atoms with Crippen LogP contribution in [0.3, 0.4) is 0 Å². The van der Waals surface area contributed by atoms with Crippen molar-refractivity contribution in [2.45, 2.75) is 42.7 Å². The lowest BCUT2D eigenvalue weighted by Gasteiger charge is -2.58. The van der Waals surface area contributed by atoms with E-state index in [-0.39, 0.29) is 17.7 Å². The maximum atomic E-state index is 12.8. The molecular formula is C28H34N2O4. The van der Waals surface area contributed by atoms with Crippen molar-refractivity contribution in [3.63, 3.8) is 0 Å². The molecule has 0 radical (unpaired) electrons. The Balaban J connectivity index is 1.54. The third-order valence-corrected chi connectivity index (χ3v) is 7.39. The summed E-state index contributed by atoms with van der Waals surface area (Å²) in [6.45, 7) is 5.94. The van der Waals surface area contributed by atoms with E-state index in [9.17, 15) is 15.0 Å². The van der Waals surface area contributed by atoms with Gasteiger partial charge in [0.25, 0.3) is 0 Å². The Morgan fingerprint density at radius 3 is 2.85 bits per heavy atom. The number of rotatable bonds is 7. The van der Waals surface area contributed by atoms with Gasteiger partial charge in [0.15, 0.2) is 0 Å². The Morgan fingerprint density at radius 1 is 1.26 bits per heavy atom. The number of carbonyl (C=O) groups is 1. The molecule has 1 amide bonds. The highest BCUT2D eigenvalue weighted by Gasteiger charge is 2.57. The molecule has 34 heavy (non-hydrogen) atoms. The molecule has 3 atom stereocenters. The first kappa shape index (κ1) is 24.0. The third-order valence-electron chi connectivity index (χ3n) is 7.39. The fourth-order valence-corrected chi connectivity index (χ4v) is 5.69. The smallest absolute Gasteiger partial charge is 0.244 e. The van der Waals surface area contributed by atoms with E-state index in [0.717, 1.165) is 36.4 Å². The summed E-state index contributed by atoms with van der Waals surface area (Å²) in [6.07, 6.45) is 7.81. The number of nitrogens with one attached hydrogen (secondary N) is 1. The maximum absolute atomic E-state index is 12.8. The van der Waals surface area contributed by atoms with Gasteiger partial charge in [0, 0.05) is 30.6 Å². The SMILES string of the molecule is C=CCN1CCC2(c3cccc(O)c3)CC(NC(=O)C=Cc3cccc(OC)c3)CCC2(O)C1. The molecule has 1 saturated heterocycles. The highest BCUT2D eigenvalue weighted by atomic mass is 16.5. The summed E-state index contributed by atoms with van der Waals surface area (Å²) < 4.78 is 5.24. The highest BCUT2D eigenvalue weighted by molar-refractivity contribution is 5.92. The van der Waals surface area contributed by atoms with E-state index >= 15 is 0 Å². The summed E-state index contributed by atoms with van der Waals surface area (Å²) >= 11 is 0. The van der Waals surface area contributed by atoms with Crippen molar-refractivity contribution in [3.05, 3.63) is 78.4 Å². The Labute approximate surface area is 201 Å². The molecule has 1 saturated carbocycles. The quantitative estimate of drug-likeness (QED) is 0.432. The minimum absolute atomic E-state index is 0.0731. The van der Waals surface area contributed by atoms with E-state index in [1.807, 2.05) is 42.5 Å². The molecule has 4 rings (SSSR count). The average molecular weight is 463 g/mol. The van der Waals surface area contributed by atoms with Gasteiger partial charge in [0.05, 0.1) is 12.7 Å². The number of methoxy groups -OCH3 is 1. The second-order valence-electron chi connectivity index (χ2n) is 9.50. The number of fused-ring (bicyclic) bond motifs is 1. The van der Waals surface area contributed by atoms with Crippen LogP contribution in [0.4, 0.5) is 0 Å². The molecular weight excluding hydrogens is 428 g/mol. The topological polar surface area (TPSA) is 82.0 Å². The first-order valence-electron chi connectivity index (χ1n) is 11.9. The molecule has 0 bridgehead atoms. The molecule has 0 aromatic heterocycles. The van der Waals surface area contributed by atoms with E-state index in [1.54, 1.807) is 31.4 Å². The molecule has 0 spiro atoms. The predicted octanol–water partition coefficient (Wildman–Crippen LogP) is 3.64. The number of hydrogen-bond donors (Lipinski definition) is 3. The molecule has 2 aromatic rings. The van der Waals surface area contributed by atoms with Crippen LogP contribution in [0.15, 0.2) is 67.3 Å². The highest BCUT2D eigenvalue weighted by Crippen LogP contribution is 2.52. The van der Waals surface area contributed by atoms with Crippen molar-refractivity contribution in [1.29, 1.82) is 0 Å². The number of benzene rings is 2. The Kier molecular flexibility index (Phi) is 7.10. The molecule has 1 aliphatic carbocycles. The van der Waals surface area contributed by atoms with Crippen LogP contribution >= 0.6 is 0 Å². The zero-order valence-electron chi connectivity index (χ0n) is 19.7. The van der Waals surface area contributed by atoms with Gasteiger partial charge >= 0.3 is 0 Å². The van der Waals surface area contributed by atoms with Gasteiger partial charge in [-0.2, -0.15) is 0 Å². The summed E-state index contributed by atoms with van der Waals surface area (Å²) in [5.41, 5.74) is 0.327. The number of carbonyl (C=O) groups excluding carboxylic acids is 1. The maximum Gasteiger partial charge on any atom is 0.244 e. The summed E-state index contributed by atoms with van der Waals surface area (Å²) in [7, 11) is 1.62. The van der Waals surface area contributed by atoms with Crippen molar-refractivity contribution in [2.24, 2.45) is 0 Å². The Hall–Kier alpha value is -3.09. The van der Waals surface area contributed by atoms with Gasteiger partial charge in [-0.3, -0.25) is 9.69 Å². The fraction of sp³-hybridized carbons (Fsp3) is 0.393. The van der Waals surface area contributed by atoms with Crippen LogP contribution in [-0.4, -0.2) is 59.4 Å². The van der Waals surface area contributed by atoms with Gasteiger partial charge in [-0.25, -0.2) is 0 Å². The van der Waals surface area contributed by atoms with Gasteiger partial charge in [-0.05, 0) is 73.7 Å². The fourth-order valence-electron chi connectivity index (χ4n) is 5.69. The Bertz CT molecular complexity index is 1070. The van der Waals surface area contributed by atoms with Crippen LogP contribution in [0.25, 0.3) is 6.08 Å². The standard InChI is InChI=1S/C28H34N2O4/c1-3-15-30-16-14-27(22-7-5-8-24(31)18-22)19-23(12-13-28(27,33)20-30)29-26(32)11-10-21-6-4-9-25(17-21)34-2/h3-11,17-18,23,31,33H,1,12-16,19-20H2,2H3,(H,29,32). The van der Waals surface area contributed by atoms with Crippen LogP contribution < -0.4 is 10.1 Å². The zero-order valence-corrected chi connectivity index (χ0v) is 19.7. The minimum atomic E-state index is -0.945. The summed E-state index contributed by atoms with van der Waals surface area (Å²) in [6, 6.07) is 14.7. The molecule has 2 aromatic carbocycles. The molecule has 2 aliphatic rings. The molecule has 6 nitrogen and oxygen atoms in total. The van der Waals surface area contributed by atoms with E-state index < -0.39 is 11.0 Å². The average Bonchev–Trinajstić information content (AvgIpc) is 2.83. The van der Waals surface area contributed by atoms with Crippen LogP contribution in [0.5, 0.6) is 11.5 Å². The van der Waals surface area contributed by atoms with Gasteiger partial charge < -0.3 is 20.3 Å². The van der Waals surface area contributed by atoms with Gasteiger partial charge in [-0.15, -0.1) is 6.58 Å². The molecule has 180 valence electrons. The number of nitrogens with zero attached hydrogens (tertiary/aromatic N) is 1. The molecule has 3 N–H and O–H groups in total. The van der Waals surface area contributed by atoms with Gasteiger partial charge in [0.2, 0.25) is 5.91 Å². The number of β-amino-alcohol motifs (C(OH)–C–C–N with tert-alkyl or cyclic N) is 1. The number of amides is 1. The third kappa shape index (κ3) is 4.88. The second-order valence-corrected chi connectivity index (χ2v) is 9.50. The van der Waals surface area contributed by atoms with Crippen LogP contribution in [0.1, 0.15) is 36.8 Å². The van der Waals surface area contributed by atoms with Gasteiger partial charge in [0.1, 0.15) is 11.5 Å². The van der Waals surface area contributed by atoms with E-state index in [0.29, 0.717) is 25.8 Å². The van der Waals surface area contributed by atoms with E-state index in [1.165, 1.54) is 0 Å². The number of piperidine rings is 1. The number of likely N-dealkylation sites (tertiary alicyclic amines) is 1. The number of phenolic OH excluding ortho intramolecular Hbond substituents is 1. The van der Waals surface area contributed by atoms with Crippen molar-refractivity contribution in [3.8, 4) is 11.5 Å². The monoisotopic (exact) mass is 462 g/mol. The summed E-state index contributed by atoms with van der Waals surface area (Å²) in [4.78, 5) is 15.0. The largest absolute Gasteiger partial charge is 0.508 e. The minimum Gasteiger partial charge on any atom is -0.508 e. The lowest BCUT2D eigenvalue weighted by atomic mass is 9.55. The van der Waals surface area contributed by atoms with E-state index in [2.05, 4.69) is 16.8 Å². The van der Waals surface area contributed by atoms with Crippen molar-refractivity contribution >= 4 is 12.0 Å². The molecule has 6 heteroatoms. The molecule has 1 heterocycles. The number of ether oxygens (including phenoxy) is 1.